The first-order valence-corrected chi connectivity index (χ1v) is 3.39. The number of ketones is 1. The van der Waals surface area contributed by atoms with E-state index in [1.165, 1.54) is 13.0 Å². The summed E-state index contributed by atoms with van der Waals surface area (Å²) in [5.74, 6) is 0.144. The van der Waals surface area contributed by atoms with Crippen molar-refractivity contribution in [3.8, 4) is 0 Å². The zero-order valence-electron chi connectivity index (χ0n) is 6.09. The number of hydrogen-bond donors (Lipinski definition) is 0. The quantitative estimate of drug-likeness (QED) is 0.339. The standard InChI is InChI=1S/C6H10O3.Al/c1-3-9-6(8)4-5(2)7;/h4,8H,3H2,1-2H3;/q;+1/p-1/b6-4+;. The molecule has 3 nitrogen and oxygen atoms in total. The third-order valence-corrected chi connectivity index (χ3v) is 0.956. The monoisotopic (exact) mass is 156 g/mol. The van der Waals surface area contributed by atoms with Crippen LogP contribution >= 0.6 is 0 Å². The number of rotatable bonds is 4. The maximum Gasteiger partial charge on any atom is 0.485 e. The average Bonchev–Trinajstić information content (AvgIpc) is 1.86. The lowest BCUT2D eigenvalue weighted by atomic mass is 10.4. The van der Waals surface area contributed by atoms with Gasteiger partial charge in [-0.3, -0.25) is 4.79 Å². The molecule has 0 amide bonds. The summed E-state index contributed by atoms with van der Waals surface area (Å²) in [6.07, 6.45) is 1.29. The van der Waals surface area contributed by atoms with Gasteiger partial charge in [-0.05, 0) is 13.8 Å². The van der Waals surface area contributed by atoms with Gasteiger partial charge >= 0.3 is 16.6 Å². The molecule has 0 aromatic rings. The van der Waals surface area contributed by atoms with Gasteiger partial charge in [0.1, 0.15) is 0 Å². The van der Waals surface area contributed by atoms with E-state index in [4.69, 9.17) is 4.74 Å². The highest BCUT2D eigenvalue weighted by molar-refractivity contribution is 5.99. The van der Waals surface area contributed by atoms with Crippen LogP contribution in [0.2, 0.25) is 0 Å². The topological polar surface area (TPSA) is 35.5 Å². The minimum absolute atomic E-state index is 0.0918. The van der Waals surface area contributed by atoms with Crippen molar-refractivity contribution in [2.24, 2.45) is 0 Å². The molecule has 0 saturated heterocycles. The van der Waals surface area contributed by atoms with Gasteiger partial charge in [0.25, 0.3) is 0 Å². The largest absolute Gasteiger partial charge is 0.628 e. The molecule has 10 heavy (non-hydrogen) atoms. The molecule has 0 aromatic heterocycles. The molecule has 0 atom stereocenters. The Morgan fingerprint density at radius 2 is 2.30 bits per heavy atom. The Balaban J connectivity index is 3.91. The third-order valence-electron chi connectivity index (χ3n) is 0.724. The summed E-state index contributed by atoms with van der Waals surface area (Å²) in [6.45, 7) is 3.74. The minimum atomic E-state index is -0.0918. The van der Waals surface area contributed by atoms with Gasteiger partial charge in [-0.1, -0.05) is 0 Å². The lowest BCUT2D eigenvalue weighted by Crippen LogP contribution is -1.97. The molecule has 0 rings (SSSR count). The molecule has 0 aliphatic heterocycles. The normalized spacial score (nSPS) is 10.8. The Labute approximate surface area is 68.8 Å². The van der Waals surface area contributed by atoms with E-state index >= 15 is 0 Å². The van der Waals surface area contributed by atoms with Crippen LogP contribution in [0.25, 0.3) is 0 Å². The van der Waals surface area contributed by atoms with Gasteiger partial charge in [-0.25, -0.2) is 0 Å². The summed E-state index contributed by atoms with van der Waals surface area (Å²) in [5.41, 5.74) is 0. The van der Waals surface area contributed by atoms with Crippen LogP contribution in [0.1, 0.15) is 13.8 Å². The second-order valence-electron chi connectivity index (χ2n) is 1.62. The summed E-state index contributed by atoms with van der Waals surface area (Å²) in [4.78, 5) is 10.4. The molecule has 4 heteroatoms. The van der Waals surface area contributed by atoms with Gasteiger partial charge in [0.2, 0.25) is 5.95 Å². The SMILES string of the molecule is CCO/C(=C/C(C)=O)[O][Al]. The first-order valence-electron chi connectivity index (χ1n) is 2.92. The van der Waals surface area contributed by atoms with Crippen LogP contribution in [0.3, 0.4) is 0 Å². The molecule has 0 saturated carbocycles. The molecule has 0 heterocycles. The Bertz CT molecular complexity index is 142. The van der Waals surface area contributed by atoms with Crippen LogP contribution in [0.5, 0.6) is 0 Å². The van der Waals surface area contributed by atoms with E-state index in [1.54, 1.807) is 0 Å². The molecule has 0 bridgehead atoms. The molecule has 0 aromatic carbocycles. The molecule has 0 unspecified atom stereocenters. The van der Waals surface area contributed by atoms with Gasteiger partial charge in [0.15, 0.2) is 5.78 Å². The summed E-state index contributed by atoms with van der Waals surface area (Å²) in [7, 11) is 0. The predicted octanol–water partition coefficient (Wildman–Crippen LogP) is 0.553. The first-order chi connectivity index (χ1) is 4.70. The van der Waals surface area contributed by atoms with Crippen molar-refractivity contribution < 1.29 is 13.3 Å². The minimum Gasteiger partial charge on any atom is -0.628 e. The van der Waals surface area contributed by atoms with E-state index < -0.39 is 0 Å². The highest BCUT2D eigenvalue weighted by Gasteiger charge is 1.94. The number of allylic oxidation sites excluding steroid dienone is 1. The fourth-order valence-corrected chi connectivity index (χ4v) is 0.554. The van der Waals surface area contributed by atoms with Crippen LogP contribution in [0.4, 0.5) is 0 Å². The molecular formula is C6H9AlO3. The Kier molecular flexibility index (Phi) is 5.09. The van der Waals surface area contributed by atoms with Crippen molar-refractivity contribution in [3.05, 3.63) is 12.0 Å². The Morgan fingerprint density at radius 1 is 1.70 bits per heavy atom. The average molecular weight is 156 g/mol. The van der Waals surface area contributed by atoms with E-state index in [9.17, 15) is 4.79 Å². The molecule has 0 spiro atoms. The summed E-state index contributed by atoms with van der Waals surface area (Å²) in [5, 5.41) is 0. The van der Waals surface area contributed by atoms with Crippen LogP contribution in [0.15, 0.2) is 12.0 Å². The van der Waals surface area contributed by atoms with Gasteiger partial charge < -0.3 is 8.53 Å². The van der Waals surface area contributed by atoms with Crippen molar-refractivity contribution in [1.29, 1.82) is 0 Å². The number of ether oxygens (including phenoxy) is 1. The lowest BCUT2D eigenvalue weighted by Gasteiger charge is -2.06. The van der Waals surface area contributed by atoms with E-state index in [0.717, 1.165) is 0 Å². The van der Waals surface area contributed by atoms with Gasteiger partial charge in [-0.2, -0.15) is 0 Å². The van der Waals surface area contributed by atoms with Gasteiger partial charge in [0, 0.05) is 0 Å². The number of hydrogen-bond acceptors (Lipinski definition) is 3. The molecule has 0 aliphatic rings. The molecule has 0 N–H and O–H groups in total. The zero-order valence-corrected chi connectivity index (χ0v) is 7.24. The van der Waals surface area contributed by atoms with Gasteiger partial charge in [0.05, 0.1) is 12.7 Å². The molecule has 54 valence electrons. The zero-order chi connectivity index (χ0) is 7.98. The lowest BCUT2D eigenvalue weighted by molar-refractivity contribution is -0.113. The van der Waals surface area contributed by atoms with Crippen molar-refractivity contribution in [1.82, 2.24) is 0 Å². The van der Waals surface area contributed by atoms with Crippen LogP contribution in [-0.2, 0) is 13.3 Å². The predicted molar refractivity (Wildman–Crippen MR) is 37.2 cm³/mol. The molecule has 0 aliphatic carbocycles. The summed E-state index contributed by atoms with van der Waals surface area (Å²) >= 11 is 2.01. The van der Waals surface area contributed by atoms with Crippen LogP contribution in [-0.4, -0.2) is 29.0 Å². The fourth-order valence-electron chi connectivity index (χ4n) is 0.418. The highest BCUT2D eigenvalue weighted by atomic mass is 27.1. The fraction of sp³-hybridized carbons (Fsp3) is 0.500. The number of carbonyl (C=O) groups excluding carboxylic acids is 1. The molecule has 2 radical (unpaired) electrons. The molecular weight excluding hydrogens is 147 g/mol. The third kappa shape index (κ3) is 4.42. The summed E-state index contributed by atoms with van der Waals surface area (Å²) in [6, 6.07) is 0. The van der Waals surface area contributed by atoms with Crippen molar-refractivity contribution >= 4 is 22.4 Å². The van der Waals surface area contributed by atoms with E-state index in [0.29, 0.717) is 6.61 Å². The Hall–Kier alpha value is -0.458. The second kappa shape index (κ2) is 5.34. The van der Waals surface area contributed by atoms with E-state index in [2.05, 4.69) is 3.79 Å². The van der Waals surface area contributed by atoms with Crippen LogP contribution in [0, 0.1) is 0 Å². The Morgan fingerprint density at radius 3 is 2.60 bits per heavy atom. The number of carbonyl (C=O) groups is 1. The van der Waals surface area contributed by atoms with Crippen molar-refractivity contribution in [2.45, 2.75) is 13.8 Å². The van der Waals surface area contributed by atoms with Crippen molar-refractivity contribution in [3.63, 3.8) is 0 Å². The van der Waals surface area contributed by atoms with E-state index in [-0.39, 0.29) is 11.7 Å². The maximum absolute atomic E-state index is 10.4. The van der Waals surface area contributed by atoms with E-state index in [1.807, 2.05) is 23.5 Å². The van der Waals surface area contributed by atoms with Crippen molar-refractivity contribution in [2.75, 3.05) is 6.61 Å². The maximum atomic E-state index is 10.4. The highest BCUT2D eigenvalue weighted by Crippen LogP contribution is 1.96. The molecule has 0 fully saturated rings. The second-order valence-corrected chi connectivity index (χ2v) is 1.86. The van der Waals surface area contributed by atoms with Gasteiger partial charge in [-0.15, -0.1) is 0 Å². The smallest absolute Gasteiger partial charge is 0.485 e. The summed E-state index contributed by atoms with van der Waals surface area (Å²) < 4.78 is 9.54. The van der Waals surface area contributed by atoms with Crippen LogP contribution < -0.4 is 0 Å². The first kappa shape index (κ1) is 9.54.